The molecule has 2 heteroatoms. The Hall–Kier alpha value is -1.02. The molecule has 0 bridgehead atoms. The molecular formula is C20H28O2. The van der Waals surface area contributed by atoms with Gasteiger partial charge in [0.2, 0.25) is 0 Å². The number of benzene rings is 1. The molecule has 0 radical (unpaired) electrons. The normalized spacial score (nSPS) is 43.3. The summed E-state index contributed by atoms with van der Waals surface area (Å²) in [5.41, 5.74) is 2.78. The van der Waals surface area contributed by atoms with Gasteiger partial charge in [0.1, 0.15) is 5.75 Å². The topological polar surface area (TPSA) is 40.5 Å². The van der Waals surface area contributed by atoms with E-state index in [-0.39, 0.29) is 5.75 Å². The maximum Gasteiger partial charge on any atom is 0.115 e. The average Bonchev–Trinajstić information content (AvgIpc) is 2.84. The second-order valence-electron chi connectivity index (χ2n) is 8.17. The standard InChI is InChI=1S/C20H28O2/c1-3-12-4-7-18-16-11-19(22)17-10-13(21)5-6-14(17)15(16)8-9-20(12,18)2/h5-6,10,12,15-16,18-19,21-22H,3-4,7-9,11H2,1-2H3/t12-,15?,16?,18?,19+,20+/m0/s1. The largest absolute Gasteiger partial charge is 0.508 e. The molecule has 3 aliphatic carbocycles. The van der Waals surface area contributed by atoms with Gasteiger partial charge in [-0.2, -0.15) is 0 Å². The van der Waals surface area contributed by atoms with Crippen molar-refractivity contribution in [2.24, 2.45) is 23.2 Å². The van der Waals surface area contributed by atoms with Crippen LogP contribution in [-0.2, 0) is 0 Å². The Morgan fingerprint density at radius 3 is 2.77 bits per heavy atom. The second-order valence-corrected chi connectivity index (χ2v) is 8.17. The first kappa shape index (κ1) is 14.6. The monoisotopic (exact) mass is 300 g/mol. The first-order valence-corrected chi connectivity index (χ1v) is 9.05. The van der Waals surface area contributed by atoms with Gasteiger partial charge in [-0.1, -0.05) is 26.3 Å². The third-order valence-electron chi connectivity index (χ3n) is 7.45. The summed E-state index contributed by atoms with van der Waals surface area (Å²) in [5, 5.41) is 20.4. The van der Waals surface area contributed by atoms with Crippen LogP contribution in [0.1, 0.15) is 75.5 Å². The highest BCUT2D eigenvalue weighted by Crippen LogP contribution is 2.64. The lowest BCUT2D eigenvalue weighted by molar-refractivity contribution is -0.00231. The molecule has 3 aliphatic rings. The molecular weight excluding hydrogens is 272 g/mol. The third-order valence-corrected chi connectivity index (χ3v) is 7.45. The molecule has 0 spiro atoms. The van der Waals surface area contributed by atoms with E-state index in [0.717, 1.165) is 23.8 Å². The van der Waals surface area contributed by atoms with Gasteiger partial charge in [0.15, 0.2) is 0 Å². The Bertz CT molecular complexity index is 581. The predicted molar refractivity (Wildman–Crippen MR) is 87.8 cm³/mol. The molecule has 1 aromatic carbocycles. The molecule has 0 aliphatic heterocycles. The van der Waals surface area contributed by atoms with E-state index in [1.807, 2.05) is 0 Å². The van der Waals surface area contributed by atoms with E-state index in [0.29, 0.717) is 17.3 Å². The van der Waals surface area contributed by atoms with Gasteiger partial charge in [0.05, 0.1) is 6.10 Å². The van der Waals surface area contributed by atoms with Crippen LogP contribution in [-0.4, -0.2) is 10.2 Å². The summed E-state index contributed by atoms with van der Waals surface area (Å²) in [5.74, 6) is 3.14. The molecule has 4 rings (SSSR count). The Balaban J connectivity index is 1.72. The zero-order valence-corrected chi connectivity index (χ0v) is 13.8. The number of hydrogen-bond acceptors (Lipinski definition) is 2. The second kappa shape index (κ2) is 4.99. The first-order valence-electron chi connectivity index (χ1n) is 9.05. The van der Waals surface area contributed by atoms with Crippen LogP contribution in [0.25, 0.3) is 0 Å². The van der Waals surface area contributed by atoms with Gasteiger partial charge in [0.25, 0.3) is 0 Å². The highest BCUT2D eigenvalue weighted by atomic mass is 16.3. The summed E-state index contributed by atoms with van der Waals surface area (Å²) < 4.78 is 0. The third kappa shape index (κ3) is 1.89. The van der Waals surface area contributed by atoms with Crippen molar-refractivity contribution >= 4 is 0 Å². The highest BCUT2D eigenvalue weighted by molar-refractivity contribution is 5.41. The Morgan fingerprint density at radius 1 is 1.18 bits per heavy atom. The molecule has 0 amide bonds. The molecule has 120 valence electrons. The highest BCUT2D eigenvalue weighted by Gasteiger charge is 2.54. The average molecular weight is 300 g/mol. The van der Waals surface area contributed by atoms with E-state index in [1.165, 1.54) is 37.7 Å². The van der Waals surface area contributed by atoms with Crippen LogP contribution < -0.4 is 0 Å². The van der Waals surface area contributed by atoms with Crippen LogP contribution in [0.2, 0.25) is 0 Å². The van der Waals surface area contributed by atoms with Crippen LogP contribution in [0.3, 0.4) is 0 Å². The van der Waals surface area contributed by atoms with Crippen LogP contribution in [0.5, 0.6) is 5.75 Å². The Labute approximate surface area is 133 Å². The first-order chi connectivity index (χ1) is 10.5. The van der Waals surface area contributed by atoms with Gasteiger partial charge >= 0.3 is 0 Å². The van der Waals surface area contributed by atoms with Crippen molar-refractivity contribution in [2.45, 2.75) is 64.4 Å². The molecule has 6 atom stereocenters. The maximum atomic E-state index is 10.6. The summed E-state index contributed by atoms with van der Waals surface area (Å²) in [4.78, 5) is 0. The molecule has 2 saturated carbocycles. The molecule has 2 nitrogen and oxygen atoms in total. The van der Waals surface area contributed by atoms with E-state index in [9.17, 15) is 10.2 Å². The summed E-state index contributed by atoms with van der Waals surface area (Å²) in [6, 6.07) is 5.65. The maximum absolute atomic E-state index is 10.6. The SMILES string of the molecule is CC[C@H]1CCC2C3C[C@@H](O)c4cc(O)ccc4C3CC[C@@]21C. The fourth-order valence-electron chi connectivity index (χ4n) is 6.35. The molecule has 1 aromatic rings. The van der Waals surface area contributed by atoms with Crippen LogP contribution in [0, 0.1) is 23.2 Å². The van der Waals surface area contributed by atoms with Crippen molar-refractivity contribution in [3.05, 3.63) is 29.3 Å². The van der Waals surface area contributed by atoms with Gasteiger partial charge in [-0.3, -0.25) is 0 Å². The van der Waals surface area contributed by atoms with Gasteiger partial charge in [-0.25, -0.2) is 0 Å². The minimum Gasteiger partial charge on any atom is -0.508 e. The lowest BCUT2D eigenvalue weighted by Gasteiger charge is -2.51. The van der Waals surface area contributed by atoms with E-state index < -0.39 is 6.10 Å². The molecule has 22 heavy (non-hydrogen) atoms. The molecule has 3 unspecified atom stereocenters. The van der Waals surface area contributed by atoms with Crippen molar-refractivity contribution in [1.29, 1.82) is 0 Å². The van der Waals surface area contributed by atoms with Crippen molar-refractivity contribution in [3.8, 4) is 5.75 Å². The minimum absolute atomic E-state index is 0.281. The fraction of sp³-hybridized carbons (Fsp3) is 0.700. The minimum atomic E-state index is -0.397. The number of phenolic OH excluding ortho intramolecular Hbond substituents is 1. The van der Waals surface area contributed by atoms with Gasteiger partial charge in [-0.05, 0) is 84.5 Å². The molecule has 0 aromatic heterocycles. The fourth-order valence-corrected chi connectivity index (χ4v) is 6.35. The summed E-state index contributed by atoms with van der Waals surface area (Å²) in [6.07, 6.45) is 7.09. The van der Waals surface area contributed by atoms with Crippen molar-refractivity contribution in [1.82, 2.24) is 0 Å². The lowest BCUT2D eigenvalue weighted by atomic mass is 9.53. The zero-order valence-electron chi connectivity index (χ0n) is 13.8. The van der Waals surface area contributed by atoms with Crippen LogP contribution in [0.4, 0.5) is 0 Å². The molecule has 0 saturated heterocycles. The molecule has 2 N–H and O–H groups in total. The number of phenols is 1. The number of rotatable bonds is 1. The lowest BCUT2D eigenvalue weighted by Crippen LogP contribution is -2.42. The zero-order chi connectivity index (χ0) is 15.5. The smallest absolute Gasteiger partial charge is 0.115 e. The van der Waals surface area contributed by atoms with E-state index >= 15 is 0 Å². The predicted octanol–water partition coefficient (Wildman–Crippen LogP) is 4.77. The Morgan fingerprint density at radius 2 is 2.00 bits per heavy atom. The van der Waals surface area contributed by atoms with Gasteiger partial charge in [-0.15, -0.1) is 0 Å². The molecule has 0 heterocycles. The van der Waals surface area contributed by atoms with Crippen molar-refractivity contribution < 1.29 is 10.2 Å². The van der Waals surface area contributed by atoms with Crippen molar-refractivity contribution in [3.63, 3.8) is 0 Å². The van der Waals surface area contributed by atoms with E-state index in [2.05, 4.69) is 19.9 Å². The van der Waals surface area contributed by atoms with Crippen LogP contribution in [0.15, 0.2) is 18.2 Å². The Kier molecular flexibility index (Phi) is 3.30. The summed E-state index contributed by atoms with van der Waals surface area (Å²) >= 11 is 0. The number of fused-ring (bicyclic) bond motifs is 5. The quantitative estimate of drug-likeness (QED) is 0.784. The van der Waals surface area contributed by atoms with Crippen LogP contribution >= 0.6 is 0 Å². The van der Waals surface area contributed by atoms with E-state index in [1.54, 1.807) is 12.1 Å². The van der Waals surface area contributed by atoms with E-state index in [4.69, 9.17) is 0 Å². The number of aliphatic hydroxyl groups is 1. The number of aliphatic hydroxyl groups excluding tert-OH is 1. The van der Waals surface area contributed by atoms with Gasteiger partial charge in [0, 0.05) is 0 Å². The molecule has 2 fully saturated rings. The number of aromatic hydroxyl groups is 1. The summed E-state index contributed by atoms with van der Waals surface area (Å²) in [6.45, 7) is 4.87. The number of hydrogen-bond donors (Lipinski definition) is 2. The van der Waals surface area contributed by atoms with Crippen molar-refractivity contribution in [2.75, 3.05) is 0 Å². The van der Waals surface area contributed by atoms with Gasteiger partial charge < -0.3 is 10.2 Å². The summed E-state index contributed by atoms with van der Waals surface area (Å²) in [7, 11) is 0.